The van der Waals surface area contributed by atoms with Gasteiger partial charge >= 0.3 is 17.9 Å². The third-order valence-corrected chi connectivity index (χ3v) is 4.56. The summed E-state index contributed by atoms with van der Waals surface area (Å²) in [5, 5.41) is 32.4. The number of aliphatic carboxylic acids is 3. The van der Waals surface area contributed by atoms with Crippen LogP contribution in [0.1, 0.15) is 25.5 Å². The van der Waals surface area contributed by atoms with Crippen molar-refractivity contribution in [3.05, 3.63) is 64.6 Å². The van der Waals surface area contributed by atoms with Gasteiger partial charge in [0.15, 0.2) is 0 Å². The van der Waals surface area contributed by atoms with Crippen molar-refractivity contribution in [2.24, 2.45) is 5.92 Å². The third kappa shape index (κ3) is 3.20. The molecule has 4 N–H and O–H groups in total. The predicted molar refractivity (Wildman–Crippen MR) is 99.4 cm³/mol. The van der Waals surface area contributed by atoms with Crippen LogP contribution in [0.3, 0.4) is 0 Å². The number of nitrogens with zero attached hydrogens (tertiary/aromatic N) is 1. The summed E-state index contributed by atoms with van der Waals surface area (Å²) in [5.74, 6) is -6.04. The predicted octanol–water partition coefficient (Wildman–Crippen LogP) is 2.34. The van der Waals surface area contributed by atoms with E-state index in [4.69, 9.17) is 0 Å². The topological polar surface area (TPSA) is 137 Å². The van der Waals surface area contributed by atoms with Gasteiger partial charge in [-0.1, -0.05) is 38.1 Å². The van der Waals surface area contributed by atoms with Crippen LogP contribution in [0.4, 0.5) is 0 Å². The molecular formula is C20H18N2O6. The minimum Gasteiger partial charge on any atom is -0.478 e. The first kappa shape index (κ1) is 19.1. The number of rotatable bonds is 5. The van der Waals surface area contributed by atoms with Crippen LogP contribution in [0.25, 0.3) is 10.9 Å². The monoisotopic (exact) mass is 382 g/mol. The zero-order valence-electron chi connectivity index (χ0n) is 15.1. The fourth-order valence-corrected chi connectivity index (χ4v) is 3.34. The van der Waals surface area contributed by atoms with Gasteiger partial charge < -0.3 is 20.6 Å². The average Bonchev–Trinajstić information content (AvgIpc) is 2.65. The number of pyridine rings is 1. The van der Waals surface area contributed by atoms with Crippen molar-refractivity contribution >= 4 is 28.8 Å². The highest BCUT2D eigenvalue weighted by Gasteiger charge is 2.41. The maximum Gasteiger partial charge on any atom is 0.352 e. The Morgan fingerprint density at radius 1 is 0.929 bits per heavy atom. The SMILES string of the molecule is CC(C)C1=C(C(=O)O)C(c2ccc3ccccc3n2)C(C(=O)O)=C(C(=O)O)N1. The Morgan fingerprint density at radius 2 is 1.57 bits per heavy atom. The number of carboxylic acids is 3. The number of allylic oxidation sites excluding steroid dienone is 1. The van der Waals surface area contributed by atoms with E-state index < -0.39 is 35.1 Å². The standard InChI is InChI=1S/C20H18N2O6/c1-9(2)16-14(18(23)24)13(15(19(25)26)17(22-16)20(27)28)12-8-7-10-5-3-4-6-11(10)21-12/h3-9,13,22H,1-2H3,(H,23,24)(H,25,26)(H,27,28). The van der Waals surface area contributed by atoms with Crippen molar-refractivity contribution < 1.29 is 29.7 Å². The summed E-state index contributed by atoms with van der Waals surface area (Å²) < 4.78 is 0. The normalized spacial score (nSPS) is 17.0. The number of aromatic nitrogens is 1. The molecular weight excluding hydrogens is 364 g/mol. The number of hydrogen-bond acceptors (Lipinski definition) is 5. The van der Waals surface area contributed by atoms with Crippen LogP contribution in [-0.2, 0) is 14.4 Å². The first-order valence-corrected chi connectivity index (χ1v) is 8.53. The highest BCUT2D eigenvalue weighted by Crippen LogP contribution is 2.39. The molecule has 1 atom stereocenters. The van der Waals surface area contributed by atoms with Gasteiger partial charge in [0.2, 0.25) is 0 Å². The number of para-hydroxylation sites is 1. The first-order valence-electron chi connectivity index (χ1n) is 8.53. The quantitative estimate of drug-likeness (QED) is 0.618. The molecule has 1 aliphatic heterocycles. The summed E-state index contributed by atoms with van der Waals surface area (Å²) in [7, 11) is 0. The van der Waals surface area contributed by atoms with Gasteiger partial charge in [-0.05, 0) is 18.1 Å². The van der Waals surface area contributed by atoms with Crippen molar-refractivity contribution in [1.82, 2.24) is 10.3 Å². The first-order chi connectivity index (χ1) is 13.2. The number of dihydropyridines is 1. The highest BCUT2D eigenvalue weighted by molar-refractivity contribution is 6.04. The lowest BCUT2D eigenvalue weighted by molar-refractivity contribution is -0.137. The Morgan fingerprint density at radius 3 is 2.14 bits per heavy atom. The summed E-state index contributed by atoms with van der Waals surface area (Å²) in [5.41, 5.74) is -0.476. The number of hydrogen-bond donors (Lipinski definition) is 4. The second-order valence-corrected chi connectivity index (χ2v) is 6.67. The largest absolute Gasteiger partial charge is 0.478 e. The second kappa shape index (κ2) is 7.15. The van der Waals surface area contributed by atoms with Crippen molar-refractivity contribution in [1.29, 1.82) is 0 Å². The second-order valence-electron chi connectivity index (χ2n) is 6.67. The van der Waals surface area contributed by atoms with E-state index >= 15 is 0 Å². The molecule has 8 nitrogen and oxygen atoms in total. The molecule has 28 heavy (non-hydrogen) atoms. The van der Waals surface area contributed by atoms with Crippen LogP contribution in [-0.4, -0.2) is 38.2 Å². The molecule has 144 valence electrons. The summed E-state index contributed by atoms with van der Waals surface area (Å²) >= 11 is 0. The average molecular weight is 382 g/mol. The van der Waals surface area contributed by atoms with Crippen LogP contribution in [0, 0.1) is 5.92 Å². The minimum absolute atomic E-state index is 0.148. The lowest BCUT2D eigenvalue weighted by atomic mass is 9.80. The number of carboxylic acid groups (broad SMARTS) is 3. The number of carbonyl (C=O) groups is 3. The van der Waals surface area contributed by atoms with E-state index in [1.807, 2.05) is 12.1 Å². The van der Waals surface area contributed by atoms with Crippen molar-refractivity contribution in [2.75, 3.05) is 0 Å². The maximum atomic E-state index is 12.1. The van der Waals surface area contributed by atoms with Gasteiger partial charge in [-0.3, -0.25) is 4.98 Å². The van der Waals surface area contributed by atoms with E-state index in [1.165, 1.54) is 6.07 Å². The van der Waals surface area contributed by atoms with Gasteiger partial charge in [0.1, 0.15) is 5.70 Å². The Balaban J connectivity index is 2.36. The summed E-state index contributed by atoms with van der Waals surface area (Å²) in [6.07, 6.45) is 0. The molecule has 0 radical (unpaired) electrons. The minimum atomic E-state index is -1.52. The fourth-order valence-electron chi connectivity index (χ4n) is 3.34. The molecule has 0 spiro atoms. The smallest absolute Gasteiger partial charge is 0.352 e. The third-order valence-electron chi connectivity index (χ3n) is 4.56. The fraction of sp³-hybridized carbons (Fsp3) is 0.200. The van der Waals surface area contributed by atoms with Gasteiger partial charge in [-0.25, -0.2) is 14.4 Å². The zero-order valence-corrected chi connectivity index (χ0v) is 15.1. The Bertz CT molecular complexity index is 1070. The Labute approximate surface area is 159 Å². The molecule has 1 aromatic heterocycles. The molecule has 0 bridgehead atoms. The molecule has 2 aromatic rings. The molecule has 0 saturated carbocycles. The van der Waals surface area contributed by atoms with Gasteiger partial charge in [-0.2, -0.15) is 0 Å². The van der Waals surface area contributed by atoms with E-state index in [0.717, 1.165) is 5.39 Å². The van der Waals surface area contributed by atoms with E-state index in [2.05, 4.69) is 10.3 Å². The number of nitrogens with one attached hydrogen (secondary N) is 1. The van der Waals surface area contributed by atoms with Crippen molar-refractivity contribution in [2.45, 2.75) is 19.8 Å². The Hall–Kier alpha value is -3.68. The number of benzene rings is 1. The van der Waals surface area contributed by atoms with Crippen molar-refractivity contribution in [3.63, 3.8) is 0 Å². The van der Waals surface area contributed by atoms with E-state index in [1.54, 1.807) is 32.0 Å². The molecule has 8 heteroatoms. The lowest BCUT2D eigenvalue weighted by Crippen LogP contribution is -2.37. The molecule has 0 saturated heterocycles. The Kier molecular flexibility index (Phi) is 4.87. The van der Waals surface area contributed by atoms with Crippen LogP contribution in [0.5, 0.6) is 0 Å². The molecule has 3 rings (SSSR count). The van der Waals surface area contributed by atoms with Crippen LogP contribution >= 0.6 is 0 Å². The summed E-state index contributed by atoms with van der Waals surface area (Å²) in [6.45, 7) is 3.39. The van der Waals surface area contributed by atoms with Gasteiger partial charge in [0.25, 0.3) is 0 Å². The number of fused-ring (bicyclic) bond motifs is 1. The maximum absolute atomic E-state index is 12.1. The molecule has 1 aromatic carbocycles. The van der Waals surface area contributed by atoms with Crippen LogP contribution < -0.4 is 5.32 Å². The van der Waals surface area contributed by atoms with Gasteiger partial charge in [-0.15, -0.1) is 0 Å². The van der Waals surface area contributed by atoms with Gasteiger partial charge in [0.05, 0.1) is 28.3 Å². The molecule has 2 heterocycles. The van der Waals surface area contributed by atoms with Crippen LogP contribution in [0.2, 0.25) is 0 Å². The van der Waals surface area contributed by atoms with Crippen LogP contribution in [0.15, 0.2) is 58.9 Å². The van der Waals surface area contributed by atoms with Gasteiger partial charge in [0, 0.05) is 11.1 Å². The molecule has 0 fully saturated rings. The summed E-state index contributed by atoms with van der Waals surface area (Å²) in [6, 6.07) is 10.3. The van der Waals surface area contributed by atoms with Crippen molar-refractivity contribution in [3.8, 4) is 0 Å². The highest BCUT2D eigenvalue weighted by atomic mass is 16.4. The van der Waals surface area contributed by atoms with E-state index in [-0.39, 0.29) is 22.9 Å². The molecule has 0 aliphatic carbocycles. The lowest BCUT2D eigenvalue weighted by Gasteiger charge is -2.30. The molecule has 1 aliphatic rings. The summed E-state index contributed by atoms with van der Waals surface area (Å²) in [4.78, 5) is 40.2. The van der Waals surface area contributed by atoms with E-state index in [9.17, 15) is 29.7 Å². The zero-order chi connectivity index (χ0) is 20.6. The molecule has 1 unspecified atom stereocenters. The van der Waals surface area contributed by atoms with E-state index in [0.29, 0.717) is 5.52 Å². The molecule has 0 amide bonds.